The average molecular weight is 280 g/mol. The summed E-state index contributed by atoms with van der Waals surface area (Å²) in [6.07, 6.45) is 20.1. The molecule has 0 aromatic carbocycles. The summed E-state index contributed by atoms with van der Waals surface area (Å²) in [5.74, 6) is 1.02. The van der Waals surface area contributed by atoms with Gasteiger partial charge in [0.25, 0.3) is 0 Å². The Hall–Kier alpha value is -0.0400. The highest BCUT2D eigenvalue weighted by atomic mass is 16.5. The van der Waals surface area contributed by atoms with Gasteiger partial charge >= 0.3 is 0 Å². The van der Waals surface area contributed by atoms with Crippen LogP contribution in [-0.4, -0.2) is 13.2 Å². The van der Waals surface area contributed by atoms with Crippen LogP contribution >= 0.6 is 0 Å². The second kappa shape index (κ2) is 9.07. The van der Waals surface area contributed by atoms with Gasteiger partial charge in [0.1, 0.15) is 0 Å². The minimum Gasteiger partial charge on any atom is -0.381 e. The van der Waals surface area contributed by atoms with Crippen molar-refractivity contribution >= 4 is 0 Å². The van der Waals surface area contributed by atoms with Crippen molar-refractivity contribution in [1.29, 1.82) is 0 Å². The molecule has 2 aliphatic carbocycles. The summed E-state index contributed by atoms with van der Waals surface area (Å²) in [4.78, 5) is 0. The Balaban J connectivity index is 1.41. The van der Waals surface area contributed by atoms with Crippen LogP contribution in [0.15, 0.2) is 0 Å². The van der Waals surface area contributed by atoms with E-state index in [9.17, 15) is 0 Å². The molecule has 1 heteroatoms. The lowest BCUT2D eigenvalue weighted by atomic mass is 9.73. The summed E-state index contributed by atoms with van der Waals surface area (Å²) >= 11 is 0. The predicted molar refractivity (Wildman–Crippen MR) is 87.1 cm³/mol. The van der Waals surface area contributed by atoms with Gasteiger partial charge in [-0.25, -0.2) is 0 Å². The fourth-order valence-electron chi connectivity index (χ4n) is 4.31. The normalized spacial score (nSPS) is 23.9. The molecule has 2 rings (SSSR count). The first kappa shape index (κ1) is 16.3. The first-order chi connectivity index (χ1) is 9.79. The topological polar surface area (TPSA) is 9.23 Å². The second-order valence-electron chi connectivity index (χ2n) is 7.73. The van der Waals surface area contributed by atoms with Gasteiger partial charge in [-0.1, -0.05) is 58.3 Å². The fraction of sp³-hybridized carbons (Fsp3) is 1.00. The van der Waals surface area contributed by atoms with E-state index >= 15 is 0 Å². The van der Waals surface area contributed by atoms with E-state index in [1.807, 2.05) is 0 Å². The molecule has 0 atom stereocenters. The van der Waals surface area contributed by atoms with Crippen molar-refractivity contribution in [2.75, 3.05) is 13.2 Å². The number of hydrogen-bond donors (Lipinski definition) is 0. The Bertz CT molecular complexity index is 236. The Morgan fingerprint density at radius 2 is 1.50 bits per heavy atom. The van der Waals surface area contributed by atoms with Gasteiger partial charge in [-0.05, 0) is 49.9 Å². The summed E-state index contributed by atoms with van der Waals surface area (Å²) in [6, 6.07) is 0. The molecule has 0 saturated heterocycles. The monoisotopic (exact) mass is 280 g/mol. The van der Waals surface area contributed by atoms with E-state index in [2.05, 4.69) is 6.92 Å². The Kier molecular flexibility index (Phi) is 7.41. The molecule has 2 fully saturated rings. The minimum atomic E-state index is 0.643. The molecule has 0 unspecified atom stereocenters. The number of ether oxygens (including phenoxy) is 1. The molecule has 0 aromatic heterocycles. The van der Waals surface area contributed by atoms with Crippen LogP contribution in [0.5, 0.6) is 0 Å². The van der Waals surface area contributed by atoms with E-state index in [1.165, 1.54) is 89.9 Å². The molecule has 0 radical (unpaired) electrons. The lowest BCUT2D eigenvalue weighted by molar-refractivity contribution is 0.103. The van der Waals surface area contributed by atoms with Crippen LogP contribution in [0.2, 0.25) is 0 Å². The molecule has 0 spiro atoms. The minimum absolute atomic E-state index is 0.643. The molecular formula is C19H36O. The van der Waals surface area contributed by atoms with Crippen LogP contribution < -0.4 is 0 Å². The van der Waals surface area contributed by atoms with Crippen molar-refractivity contribution in [3.05, 3.63) is 0 Å². The molecular weight excluding hydrogens is 244 g/mol. The predicted octanol–water partition coefficient (Wildman–Crippen LogP) is 6.11. The highest BCUT2D eigenvalue weighted by Gasteiger charge is 2.25. The van der Waals surface area contributed by atoms with Crippen molar-refractivity contribution in [3.8, 4) is 0 Å². The second-order valence-corrected chi connectivity index (χ2v) is 7.73. The summed E-state index contributed by atoms with van der Waals surface area (Å²) in [5.41, 5.74) is 0.643. The lowest BCUT2D eigenvalue weighted by Crippen LogP contribution is -2.20. The molecule has 0 aromatic rings. The molecule has 0 heterocycles. The molecule has 0 aliphatic heterocycles. The maximum Gasteiger partial charge on any atom is 0.0466 e. The highest BCUT2D eigenvalue weighted by molar-refractivity contribution is 4.78. The SMILES string of the molecule is CC1(CCCOCCCC2CCCCC2)CCCCC1. The van der Waals surface area contributed by atoms with Gasteiger partial charge in [0, 0.05) is 13.2 Å². The average Bonchev–Trinajstić information content (AvgIpc) is 2.48. The summed E-state index contributed by atoms with van der Waals surface area (Å²) < 4.78 is 5.86. The summed E-state index contributed by atoms with van der Waals surface area (Å²) in [6.45, 7) is 4.50. The standard InChI is InChI=1S/C19H36O/c1-19(13-6-3-7-14-19)15-9-17-20-16-8-12-18-10-4-2-5-11-18/h18H,2-17H2,1H3. The fourth-order valence-corrected chi connectivity index (χ4v) is 4.31. The third-order valence-corrected chi connectivity index (χ3v) is 5.76. The summed E-state index contributed by atoms with van der Waals surface area (Å²) in [7, 11) is 0. The van der Waals surface area contributed by atoms with Gasteiger partial charge in [0.05, 0.1) is 0 Å². The van der Waals surface area contributed by atoms with E-state index in [0.29, 0.717) is 5.41 Å². The van der Waals surface area contributed by atoms with Crippen molar-refractivity contribution < 1.29 is 4.74 Å². The zero-order chi connectivity index (χ0) is 14.1. The molecule has 0 N–H and O–H groups in total. The zero-order valence-corrected chi connectivity index (χ0v) is 13.8. The van der Waals surface area contributed by atoms with Crippen LogP contribution in [0, 0.1) is 11.3 Å². The van der Waals surface area contributed by atoms with E-state index in [4.69, 9.17) is 4.74 Å². The van der Waals surface area contributed by atoms with Crippen LogP contribution in [0.3, 0.4) is 0 Å². The first-order valence-electron chi connectivity index (χ1n) is 9.36. The molecule has 2 aliphatic rings. The quantitative estimate of drug-likeness (QED) is 0.487. The van der Waals surface area contributed by atoms with Gasteiger partial charge in [-0.2, -0.15) is 0 Å². The third-order valence-electron chi connectivity index (χ3n) is 5.76. The Morgan fingerprint density at radius 3 is 2.25 bits per heavy atom. The molecule has 20 heavy (non-hydrogen) atoms. The number of hydrogen-bond acceptors (Lipinski definition) is 1. The van der Waals surface area contributed by atoms with E-state index in [0.717, 1.165) is 19.1 Å². The molecule has 2 saturated carbocycles. The van der Waals surface area contributed by atoms with Gasteiger partial charge in [-0.3, -0.25) is 0 Å². The van der Waals surface area contributed by atoms with Gasteiger partial charge in [0.15, 0.2) is 0 Å². The number of rotatable bonds is 8. The van der Waals surface area contributed by atoms with Crippen molar-refractivity contribution in [3.63, 3.8) is 0 Å². The van der Waals surface area contributed by atoms with E-state index in [-0.39, 0.29) is 0 Å². The van der Waals surface area contributed by atoms with Crippen LogP contribution in [0.4, 0.5) is 0 Å². The zero-order valence-electron chi connectivity index (χ0n) is 13.8. The highest BCUT2D eigenvalue weighted by Crippen LogP contribution is 2.39. The van der Waals surface area contributed by atoms with Crippen molar-refractivity contribution in [2.45, 2.75) is 96.8 Å². The van der Waals surface area contributed by atoms with E-state index < -0.39 is 0 Å². The maximum atomic E-state index is 5.86. The molecule has 118 valence electrons. The summed E-state index contributed by atoms with van der Waals surface area (Å²) in [5, 5.41) is 0. The molecule has 0 bridgehead atoms. The largest absolute Gasteiger partial charge is 0.381 e. The van der Waals surface area contributed by atoms with Crippen molar-refractivity contribution in [2.24, 2.45) is 11.3 Å². The maximum absolute atomic E-state index is 5.86. The van der Waals surface area contributed by atoms with Gasteiger partial charge < -0.3 is 4.74 Å². The van der Waals surface area contributed by atoms with Crippen LogP contribution in [-0.2, 0) is 4.74 Å². The third kappa shape index (κ3) is 6.16. The Morgan fingerprint density at radius 1 is 0.850 bits per heavy atom. The lowest BCUT2D eigenvalue weighted by Gasteiger charge is -2.33. The van der Waals surface area contributed by atoms with Gasteiger partial charge in [0.2, 0.25) is 0 Å². The van der Waals surface area contributed by atoms with Crippen LogP contribution in [0.1, 0.15) is 96.8 Å². The van der Waals surface area contributed by atoms with Crippen LogP contribution in [0.25, 0.3) is 0 Å². The van der Waals surface area contributed by atoms with E-state index in [1.54, 1.807) is 0 Å². The van der Waals surface area contributed by atoms with Gasteiger partial charge in [-0.15, -0.1) is 0 Å². The molecule has 0 amide bonds. The van der Waals surface area contributed by atoms with Crippen molar-refractivity contribution in [1.82, 2.24) is 0 Å². The first-order valence-corrected chi connectivity index (χ1v) is 9.36. The molecule has 1 nitrogen and oxygen atoms in total. The smallest absolute Gasteiger partial charge is 0.0466 e. The Labute approximate surface area is 126 Å².